The number of hydrogen-bond donors (Lipinski definition) is 0. The quantitative estimate of drug-likeness (QED) is 0.504. The van der Waals surface area contributed by atoms with Crippen molar-refractivity contribution < 1.29 is 18.3 Å². The maximum Gasteiger partial charge on any atom is 0.229 e. The average molecular weight is 380 g/mol. The third-order valence-corrected chi connectivity index (χ3v) is 4.19. The van der Waals surface area contributed by atoms with E-state index in [0.29, 0.717) is 23.0 Å². The highest BCUT2D eigenvalue weighted by Crippen LogP contribution is 2.28. The van der Waals surface area contributed by atoms with Crippen LogP contribution in [0.1, 0.15) is 11.5 Å². The molecule has 0 saturated heterocycles. The van der Waals surface area contributed by atoms with Crippen molar-refractivity contribution in [2.45, 2.75) is 13.5 Å². The van der Waals surface area contributed by atoms with E-state index >= 15 is 0 Å². The highest BCUT2D eigenvalue weighted by molar-refractivity contribution is 5.57. The Bertz CT molecular complexity index is 1080. The summed E-state index contributed by atoms with van der Waals surface area (Å²) < 4.78 is 32.3. The van der Waals surface area contributed by atoms with E-state index in [4.69, 9.17) is 13.9 Å². The monoisotopic (exact) mass is 380 g/mol. The van der Waals surface area contributed by atoms with Gasteiger partial charge in [0.1, 0.15) is 48.0 Å². The average Bonchev–Trinajstić information content (AvgIpc) is 3.37. The van der Waals surface area contributed by atoms with Crippen molar-refractivity contribution in [3.05, 3.63) is 72.4 Å². The summed E-state index contributed by atoms with van der Waals surface area (Å²) >= 11 is 0. The van der Waals surface area contributed by atoms with Gasteiger partial charge in [-0.25, -0.2) is 19.0 Å². The van der Waals surface area contributed by atoms with Crippen LogP contribution in [0.2, 0.25) is 0 Å². The van der Waals surface area contributed by atoms with Gasteiger partial charge < -0.3 is 13.9 Å². The van der Waals surface area contributed by atoms with Crippen LogP contribution in [0, 0.1) is 12.7 Å². The molecular weight excluding hydrogens is 363 g/mol. The first-order valence-electron chi connectivity index (χ1n) is 8.52. The largest absolute Gasteiger partial charge is 0.497 e. The van der Waals surface area contributed by atoms with Gasteiger partial charge in [0, 0.05) is 0 Å². The fourth-order valence-corrected chi connectivity index (χ4v) is 2.66. The molecule has 0 unspecified atom stereocenters. The Kier molecular flexibility index (Phi) is 4.76. The lowest BCUT2D eigenvalue weighted by molar-refractivity contribution is 0.299. The lowest BCUT2D eigenvalue weighted by Crippen LogP contribution is -1.99. The molecule has 7 nitrogen and oxygen atoms in total. The summed E-state index contributed by atoms with van der Waals surface area (Å²) in [5.74, 6) is 1.52. The van der Waals surface area contributed by atoms with Gasteiger partial charge in [0.2, 0.25) is 5.89 Å². The van der Waals surface area contributed by atoms with Crippen LogP contribution >= 0.6 is 0 Å². The molecule has 142 valence electrons. The molecular formula is C20H17FN4O3. The number of oxazole rings is 1. The maximum absolute atomic E-state index is 14.1. The molecule has 0 saturated carbocycles. The van der Waals surface area contributed by atoms with Crippen LogP contribution in [0.15, 0.2) is 59.5 Å². The molecule has 4 aromatic rings. The van der Waals surface area contributed by atoms with E-state index in [1.165, 1.54) is 19.5 Å². The van der Waals surface area contributed by atoms with E-state index < -0.39 is 5.82 Å². The molecule has 0 N–H and O–H groups in total. The summed E-state index contributed by atoms with van der Waals surface area (Å²) in [7, 11) is 1.52. The van der Waals surface area contributed by atoms with E-state index in [2.05, 4.69) is 15.1 Å². The fourth-order valence-electron chi connectivity index (χ4n) is 2.66. The molecule has 28 heavy (non-hydrogen) atoms. The number of rotatable bonds is 6. The Labute approximate surface area is 160 Å². The zero-order valence-corrected chi connectivity index (χ0v) is 15.3. The second-order valence-corrected chi connectivity index (χ2v) is 5.99. The van der Waals surface area contributed by atoms with Gasteiger partial charge in [0.25, 0.3) is 0 Å². The number of halogens is 1. The minimum Gasteiger partial charge on any atom is -0.497 e. The van der Waals surface area contributed by atoms with Gasteiger partial charge in [0.15, 0.2) is 0 Å². The number of hydrogen-bond acceptors (Lipinski definition) is 6. The molecule has 0 atom stereocenters. The highest BCUT2D eigenvalue weighted by atomic mass is 19.1. The van der Waals surface area contributed by atoms with Crippen molar-refractivity contribution in [3.63, 3.8) is 0 Å². The molecule has 0 aliphatic heterocycles. The number of nitrogens with zero attached hydrogens (tertiary/aromatic N) is 4. The maximum atomic E-state index is 14.1. The summed E-state index contributed by atoms with van der Waals surface area (Å²) in [6.45, 7) is 1.96. The number of ether oxygens (including phenoxy) is 2. The summed E-state index contributed by atoms with van der Waals surface area (Å²) in [6.07, 6.45) is 3.09. The standard InChI is InChI=1S/C20H17FN4O3/c1-13-19(24-20(28-13)17-9-16(26-2)7-8-18(17)21)10-27-15-5-3-14(4-6-15)25-12-22-11-23-25/h3-9,11-12H,10H2,1-2H3. The van der Waals surface area contributed by atoms with Crippen molar-refractivity contribution >= 4 is 0 Å². The Morgan fingerprint density at radius 1 is 1.11 bits per heavy atom. The normalized spacial score (nSPS) is 10.8. The third kappa shape index (κ3) is 3.57. The van der Waals surface area contributed by atoms with E-state index in [1.807, 2.05) is 24.3 Å². The van der Waals surface area contributed by atoms with Gasteiger partial charge >= 0.3 is 0 Å². The Morgan fingerprint density at radius 2 is 1.89 bits per heavy atom. The van der Waals surface area contributed by atoms with Crippen LogP contribution in [0.5, 0.6) is 11.5 Å². The molecule has 0 fully saturated rings. The summed E-state index contributed by atoms with van der Waals surface area (Å²) in [5, 5.41) is 4.08. The lowest BCUT2D eigenvalue weighted by Gasteiger charge is -2.06. The van der Waals surface area contributed by atoms with Gasteiger partial charge in [-0.15, -0.1) is 0 Å². The molecule has 2 aromatic heterocycles. The zero-order valence-electron chi connectivity index (χ0n) is 15.3. The first kappa shape index (κ1) is 17.7. The van der Waals surface area contributed by atoms with Crippen LogP contribution in [-0.4, -0.2) is 26.9 Å². The van der Waals surface area contributed by atoms with Crippen molar-refractivity contribution in [2.75, 3.05) is 7.11 Å². The molecule has 0 radical (unpaired) electrons. The van der Waals surface area contributed by atoms with E-state index in [0.717, 1.165) is 5.69 Å². The van der Waals surface area contributed by atoms with Crippen LogP contribution in [0.25, 0.3) is 17.1 Å². The minimum absolute atomic E-state index is 0.189. The highest BCUT2D eigenvalue weighted by Gasteiger charge is 2.16. The number of aryl methyl sites for hydroxylation is 1. The molecule has 2 aromatic carbocycles. The second-order valence-electron chi connectivity index (χ2n) is 5.99. The topological polar surface area (TPSA) is 75.2 Å². The zero-order chi connectivity index (χ0) is 19.5. The summed E-state index contributed by atoms with van der Waals surface area (Å²) in [6, 6.07) is 11.8. The minimum atomic E-state index is -0.432. The van der Waals surface area contributed by atoms with E-state index in [9.17, 15) is 4.39 Å². The molecule has 0 aliphatic rings. The van der Waals surface area contributed by atoms with Gasteiger partial charge in [-0.3, -0.25) is 0 Å². The first-order valence-corrected chi connectivity index (χ1v) is 8.52. The molecule has 0 aliphatic carbocycles. The smallest absolute Gasteiger partial charge is 0.229 e. The Hall–Kier alpha value is -3.68. The van der Waals surface area contributed by atoms with Crippen LogP contribution in [0.4, 0.5) is 4.39 Å². The number of benzene rings is 2. The lowest BCUT2D eigenvalue weighted by atomic mass is 10.2. The van der Waals surface area contributed by atoms with Crippen LogP contribution in [0.3, 0.4) is 0 Å². The molecule has 0 spiro atoms. The van der Waals surface area contributed by atoms with Crippen LogP contribution < -0.4 is 9.47 Å². The summed E-state index contributed by atoms with van der Waals surface area (Å²) in [4.78, 5) is 8.30. The predicted octanol–water partition coefficient (Wildman–Crippen LogP) is 3.96. The van der Waals surface area contributed by atoms with E-state index in [-0.39, 0.29) is 18.1 Å². The van der Waals surface area contributed by atoms with Crippen molar-refractivity contribution in [2.24, 2.45) is 0 Å². The Morgan fingerprint density at radius 3 is 2.61 bits per heavy atom. The second kappa shape index (κ2) is 7.51. The van der Waals surface area contributed by atoms with Crippen molar-refractivity contribution in [1.29, 1.82) is 0 Å². The molecule has 0 bridgehead atoms. The van der Waals surface area contributed by atoms with Gasteiger partial charge in [0.05, 0.1) is 18.4 Å². The van der Waals surface area contributed by atoms with Gasteiger partial charge in [-0.1, -0.05) is 0 Å². The SMILES string of the molecule is COc1ccc(F)c(-c2nc(COc3ccc(-n4cncn4)cc3)c(C)o2)c1. The first-order chi connectivity index (χ1) is 13.6. The molecule has 4 rings (SSSR count). The predicted molar refractivity (Wildman–Crippen MR) is 98.9 cm³/mol. The number of methoxy groups -OCH3 is 1. The summed E-state index contributed by atoms with van der Waals surface area (Å²) in [5.41, 5.74) is 1.71. The molecule has 2 heterocycles. The van der Waals surface area contributed by atoms with Gasteiger partial charge in [-0.05, 0) is 49.4 Å². The van der Waals surface area contributed by atoms with Crippen molar-refractivity contribution in [1.82, 2.24) is 19.7 Å². The van der Waals surface area contributed by atoms with Gasteiger partial charge in [-0.2, -0.15) is 5.10 Å². The molecule has 0 amide bonds. The van der Waals surface area contributed by atoms with Crippen molar-refractivity contribution in [3.8, 4) is 28.6 Å². The third-order valence-electron chi connectivity index (χ3n) is 4.19. The molecule has 8 heteroatoms. The van der Waals surface area contributed by atoms with Crippen LogP contribution in [-0.2, 0) is 6.61 Å². The fraction of sp³-hybridized carbons (Fsp3) is 0.150. The van der Waals surface area contributed by atoms with E-state index in [1.54, 1.807) is 30.1 Å². The Balaban J connectivity index is 1.49. The number of aromatic nitrogens is 4.